The Balaban J connectivity index is 0.00000196. The van der Waals surface area contributed by atoms with Crippen LogP contribution in [0.2, 0.25) is 0 Å². The van der Waals surface area contributed by atoms with Crippen LogP contribution in [0, 0.1) is 0 Å². The zero-order valence-corrected chi connectivity index (χ0v) is 9.93. The lowest BCUT2D eigenvalue weighted by atomic mass is 10.2. The number of hydrogen-bond donors (Lipinski definition) is 2. The van der Waals surface area contributed by atoms with E-state index >= 15 is 0 Å². The largest absolute Gasteiger partial charge is 0.504 e. The van der Waals surface area contributed by atoms with Crippen LogP contribution in [0.15, 0.2) is 18.2 Å². The maximum atomic E-state index is 9.36. The predicted octanol–water partition coefficient (Wildman–Crippen LogP) is 2.32. The number of ether oxygens (including phenoxy) is 1. The quantitative estimate of drug-likeness (QED) is 0.765. The molecule has 0 saturated heterocycles. The molecular formula is C11H18ClNO2. The van der Waals surface area contributed by atoms with Gasteiger partial charge in [-0.1, -0.05) is 13.0 Å². The molecule has 0 aliphatic heterocycles. The summed E-state index contributed by atoms with van der Waals surface area (Å²) in [6.45, 7) is 3.94. The van der Waals surface area contributed by atoms with Gasteiger partial charge in [0.25, 0.3) is 0 Å². The Morgan fingerprint density at radius 3 is 2.73 bits per heavy atom. The van der Waals surface area contributed by atoms with Crippen LogP contribution in [0.1, 0.15) is 18.9 Å². The molecule has 1 aromatic rings. The van der Waals surface area contributed by atoms with Gasteiger partial charge in [0.2, 0.25) is 0 Å². The van der Waals surface area contributed by atoms with Crippen LogP contribution in [0.4, 0.5) is 0 Å². The summed E-state index contributed by atoms with van der Waals surface area (Å²) in [7, 11) is 1.55. The Morgan fingerprint density at radius 2 is 2.13 bits per heavy atom. The number of benzene rings is 1. The molecule has 0 spiro atoms. The molecule has 0 aromatic heterocycles. The monoisotopic (exact) mass is 231 g/mol. The molecule has 0 aliphatic rings. The standard InChI is InChI=1S/C11H17NO2.ClH/c1-3-6-12-8-9-4-5-10(13)11(7-9)14-2;/h4-5,7,12-13H,3,6,8H2,1-2H3;1H. The molecule has 3 nitrogen and oxygen atoms in total. The summed E-state index contributed by atoms with van der Waals surface area (Å²) in [6, 6.07) is 5.39. The van der Waals surface area contributed by atoms with E-state index in [1.54, 1.807) is 13.2 Å². The van der Waals surface area contributed by atoms with Crippen LogP contribution < -0.4 is 10.1 Å². The van der Waals surface area contributed by atoms with E-state index in [1.807, 2.05) is 12.1 Å². The molecule has 2 N–H and O–H groups in total. The maximum Gasteiger partial charge on any atom is 0.160 e. The fourth-order valence-corrected chi connectivity index (χ4v) is 1.24. The number of halogens is 1. The van der Waals surface area contributed by atoms with Crippen molar-refractivity contribution in [3.63, 3.8) is 0 Å². The summed E-state index contributed by atoms with van der Waals surface area (Å²) >= 11 is 0. The molecule has 0 atom stereocenters. The van der Waals surface area contributed by atoms with E-state index in [0.29, 0.717) is 5.75 Å². The molecule has 0 unspecified atom stereocenters. The van der Waals surface area contributed by atoms with Crippen molar-refractivity contribution in [1.82, 2.24) is 5.32 Å². The van der Waals surface area contributed by atoms with E-state index in [9.17, 15) is 5.11 Å². The van der Waals surface area contributed by atoms with Gasteiger partial charge in [-0.3, -0.25) is 0 Å². The van der Waals surface area contributed by atoms with Gasteiger partial charge in [-0.15, -0.1) is 12.4 Å². The van der Waals surface area contributed by atoms with Gasteiger partial charge >= 0.3 is 0 Å². The van der Waals surface area contributed by atoms with Gasteiger partial charge in [-0.25, -0.2) is 0 Å². The molecule has 15 heavy (non-hydrogen) atoms. The highest BCUT2D eigenvalue weighted by Crippen LogP contribution is 2.25. The van der Waals surface area contributed by atoms with E-state index in [2.05, 4.69) is 12.2 Å². The molecule has 1 rings (SSSR count). The van der Waals surface area contributed by atoms with Crippen LogP contribution >= 0.6 is 12.4 Å². The molecule has 0 saturated carbocycles. The van der Waals surface area contributed by atoms with Crippen molar-refractivity contribution in [3.8, 4) is 11.5 Å². The van der Waals surface area contributed by atoms with Crippen LogP contribution in [0.25, 0.3) is 0 Å². The van der Waals surface area contributed by atoms with Gasteiger partial charge in [0, 0.05) is 6.54 Å². The van der Waals surface area contributed by atoms with Gasteiger partial charge in [-0.2, -0.15) is 0 Å². The minimum atomic E-state index is 0. The molecule has 0 bridgehead atoms. The molecule has 4 heteroatoms. The Morgan fingerprint density at radius 1 is 1.40 bits per heavy atom. The van der Waals surface area contributed by atoms with Gasteiger partial charge in [0.15, 0.2) is 11.5 Å². The van der Waals surface area contributed by atoms with Gasteiger partial charge < -0.3 is 15.2 Å². The summed E-state index contributed by atoms with van der Waals surface area (Å²) in [5.74, 6) is 0.715. The summed E-state index contributed by atoms with van der Waals surface area (Å²) in [5.41, 5.74) is 1.12. The number of rotatable bonds is 5. The minimum absolute atomic E-state index is 0. The van der Waals surface area contributed by atoms with E-state index in [1.165, 1.54) is 0 Å². The number of hydrogen-bond acceptors (Lipinski definition) is 3. The van der Waals surface area contributed by atoms with E-state index < -0.39 is 0 Å². The molecule has 0 radical (unpaired) electrons. The third-order valence-electron chi connectivity index (χ3n) is 2.00. The fraction of sp³-hybridized carbons (Fsp3) is 0.455. The summed E-state index contributed by atoms with van der Waals surface area (Å²) in [5, 5.41) is 12.6. The first kappa shape index (κ1) is 14.1. The summed E-state index contributed by atoms with van der Waals surface area (Å²) in [4.78, 5) is 0. The minimum Gasteiger partial charge on any atom is -0.504 e. The van der Waals surface area contributed by atoms with Crippen LogP contribution in [-0.2, 0) is 6.54 Å². The number of aromatic hydroxyl groups is 1. The lowest BCUT2D eigenvalue weighted by Gasteiger charge is -2.07. The Kier molecular flexibility index (Phi) is 6.92. The van der Waals surface area contributed by atoms with E-state index in [0.717, 1.165) is 25.1 Å². The van der Waals surface area contributed by atoms with E-state index in [-0.39, 0.29) is 18.2 Å². The fourth-order valence-electron chi connectivity index (χ4n) is 1.24. The molecule has 0 aliphatic carbocycles. The molecule has 86 valence electrons. The smallest absolute Gasteiger partial charge is 0.160 e. The first-order valence-electron chi connectivity index (χ1n) is 4.84. The lowest BCUT2D eigenvalue weighted by Crippen LogP contribution is -2.13. The zero-order valence-electron chi connectivity index (χ0n) is 9.12. The molecule has 1 aromatic carbocycles. The van der Waals surface area contributed by atoms with Crippen LogP contribution in [0.5, 0.6) is 11.5 Å². The summed E-state index contributed by atoms with van der Waals surface area (Å²) in [6.07, 6.45) is 1.12. The average Bonchev–Trinajstić information content (AvgIpc) is 2.21. The SMILES string of the molecule is CCCNCc1ccc(O)c(OC)c1.Cl. The maximum absolute atomic E-state index is 9.36. The highest BCUT2D eigenvalue weighted by Gasteiger charge is 2.01. The average molecular weight is 232 g/mol. The molecule has 0 heterocycles. The topological polar surface area (TPSA) is 41.5 Å². The second-order valence-electron chi connectivity index (χ2n) is 3.18. The molecule has 0 fully saturated rings. The third-order valence-corrected chi connectivity index (χ3v) is 2.00. The van der Waals surface area contributed by atoms with Crippen LogP contribution in [-0.4, -0.2) is 18.8 Å². The number of phenols is 1. The van der Waals surface area contributed by atoms with Gasteiger partial charge in [0.1, 0.15) is 0 Å². The first-order valence-corrected chi connectivity index (χ1v) is 4.84. The summed E-state index contributed by atoms with van der Waals surface area (Å²) < 4.78 is 5.01. The Bertz CT molecular complexity index is 292. The first-order chi connectivity index (χ1) is 6.77. The van der Waals surface area contributed by atoms with Crippen molar-refractivity contribution in [2.24, 2.45) is 0 Å². The highest BCUT2D eigenvalue weighted by atomic mass is 35.5. The van der Waals surface area contributed by atoms with Gasteiger partial charge in [0.05, 0.1) is 7.11 Å². The van der Waals surface area contributed by atoms with E-state index in [4.69, 9.17) is 4.74 Å². The van der Waals surface area contributed by atoms with Gasteiger partial charge in [-0.05, 0) is 30.7 Å². The molecule has 0 amide bonds. The number of phenolic OH excluding ortho intramolecular Hbond substituents is 1. The van der Waals surface area contributed by atoms with Crippen molar-refractivity contribution in [3.05, 3.63) is 23.8 Å². The predicted molar refractivity (Wildman–Crippen MR) is 63.9 cm³/mol. The lowest BCUT2D eigenvalue weighted by molar-refractivity contribution is 0.373. The normalized spacial score (nSPS) is 9.47. The number of nitrogens with one attached hydrogen (secondary N) is 1. The van der Waals surface area contributed by atoms with Crippen molar-refractivity contribution < 1.29 is 9.84 Å². The highest BCUT2D eigenvalue weighted by molar-refractivity contribution is 5.85. The second-order valence-corrected chi connectivity index (χ2v) is 3.18. The molecular weight excluding hydrogens is 214 g/mol. The van der Waals surface area contributed by atoms with Crippen molar-refractivity contribution in [2.75, 3.05) is 13.7 Å². The van der Waals surface area contributed by atoms with Crippen molar-refractivity contribution in [1.29, 1.82) is 0 Å². The Labute approximate surface area is 96.9 Å². The Hall–Kier alpha value is -0.930. The number of methoxy groups -OCH3 is 1. The van der Waals surface area contributed by atoms with Crippen LogP contribution in [0.3, 0.4) is 0 Å². The third kappa shape index (κ3) is 4.40. The zero-order chi connectivity index (χ0) is 10.4. The van der Waals surface area contributed by atoms with Crippen molar-refractivity contribution >= 4 is 12.4 Å². The second kappa shape index (κ2) is 7.37. The van der Waals surface area contributed by atoms with Crippen molar-refractivity contribution in [2.45, 2.75) is 19.9 Å².